The highest BCUT2D eigenvalue weighted by Crippen LogP contribution is 2.25. The first-order chi connectivity index (χ1) is 8.33. The van der Waals surface area contributed by atoms with Crippen LogP contribution in [0.15, 0.2) is 40.5 Å². The lowest BCUT2D eigenvalue weighted by Gasteiger charge is -1.93. The van der Waals surface area contributed by atoms with Crippen LogP contribution in [-0.2, 0) is 0 Å². The third-order valence-electron chi connectivity index (χ3n) is 2.19. The zero-order valence-corrected chi connectivity index (χ0v) is 9.39. The molecule has 1 N–H and O–H groups in total. The molecular weight excluding hydrogens is 238 g/mol. The second-order valence-electron chi connectivity index (χ2n) is 3.34. The summed E-state index contributed by atoms with van der Waals surface area (Å²) in [6.45, 7) is 0. The minimum absolute atomic E-state index is 0.208. The predicted octanol–water partition coefficient (Wildman–Crippen LogP) is 2.57. The van der Waals surface area contributed by atoms with Gasteiger partial charge in [-0.15, -0.1) is 11.3 Å². The van der Waals surface area contributed by atoms with Gasteiger partial charge < -0.3 is 9.63 Å². The summed E-state index contributed by atoms with van der Waals surface area (Å²) in [5, 5.41) is 13.1. The van der Waals surface area contributed by atoms with E-state index in [9.17, 15) is 5.11 Å². The van der Waals surface area contributed by atoms with E-state index in [2.05, 4.69) is 15.1 Å². The van der Waals surface area contributed by atoms with Gasteiger partial charge >= 0.3 is 0 Å². The topological polar surface area (TPSA) is 72.0 Å². The average Bonchev–Trinajstić information content (AvgIpc) is 3.00. The van der Waals surface area contributed by atoms with Gasteiger partial charge in [0.2, 0.25) is 5.82 Å². The molecule has 0 atom stereocenters. The van der Waals surface area contributed by atoms with Crippen molar-refractivity contribution in [3.05, 3.63) is 36.0 Å². The van der Waals surface area contributed by atoms with E-state index in [1.54, 1.807) is 36.0 Å². The van der Waals surface area contributed by atoms with Gasteiger partial charge in [-0.1, -0.05) is 5.16 Å². The molecule has 3 rings (SSSR count). The molecule has 1 aromatic carbocycles. The molecule has 0 amide bonds. The second-order valence-corrected chi connectivity index (χ2v) is 4.22. The van der Waals surface area contributed by atoms with Gasteiger partial charge in [0.05, 0.1) is 11.7 Å². The fraction of sp³-hybridized carbons (Fsp3) is 0. The van der Waals surface area contributed by atoms with Crippen LogP contribution in [0.3, 0.4) is 0 Å². The summed E-state index contributed by atoms with van der Waals surface area (Å²) < 4.78 is 5.14. The normalized spacial score (nSPS) is 10.6. The van der Waals surface area contributed by atoms with Gasteiger partial charge in [-0.3, -0.25) is 4.98 Å². The molecule has 2 aromatic heterocycles. The second kappa shape index (κ2) is 3.99. The van der Waals surface area contributed by atoms with E-state index in [-0.39, 0.29) is 5.75 Å². The molecule has 0 aliphatic carbocycles. The molecule has 6 heteroatoms. The number of phenols is 1. The quantitative estimate of drug-likeness (QED) is 0.751. The van der Waals surface area contributed by atoms with Crippen LogP contribution in [0.5, 0.6) is 5.75 Å². The zero-order valence-electron chi connectivity index (χ0n) is 8.57. The first-order valence-electron chi connectivity index (χ1n) is 4.85. The van der Waals surface area contributed by atoms with E-state index in [0.29, 0.717) is 11.7 Å². The zero-order chi connectivity index (χ0) is 11.7. The van der Waals surface area contributed by atoms with Gasteiger partial charge in [-0.25, -0.2) is 0 Å². The van der Waals surface area contributed by atoms with Crippen molar-refractivity contribution in [3.8, 4) is 27.9 Å². The van der Waals surface area contributed by atoms with Gasteiger partial charge in [0, 0.05) is 5.56 Å². The highest BCUT2D eigenvalue weighted by Gasteiger charge is 2.11. The predicted molar refractivity (Wildman–Crippen MR) is 62.5 cm³/mol. The Morgan fingerprint density at radius 2 is 2.00 bits per heavy atom. The Bertz CT molecular complexity index is 616. The number of phenolic OH excluding ortho intramolecular Hbond substituents is 1. The van der Waals surface area contributed by atoms with Gasteiger partial charge in [-0.2, -0.15) is 4.98 Å². The minimum Gasteiger partial charge on any atom is -0.508 e. The van der Waals surface area contributed by atoms with Crippen LogP contribution >= 0.6 is 11.3 Å². The van der Waals surface area contributed by atoms with Crippen molar-refractivity contribution >= 4 is 11.3 Å². The molecule has 0 fully saturated rings. The molecule has 84 valence electrons. The Morgan fingerprint density at radius 3 is 2.71 bits per heavy atom. The maximum absolute atomic E-state index is 9.19. The van der Waals surface area contributed by atoms with E-state index >= 15 is 0 Å². The molecule has 0 aliphatic rings. The standard InChI is InChI=1S/C11H7N3O2S/c15-8-3-1-7(2-4-8)10-13-11(16-14-10)9-5-12-6-17-9/h1-6,15H. The summed E-state index contributed by atoms with van der Waals surface area (Å²) in [5.74, 6) is 1.16. The Morgan fingerprint density at radius 1 is 1.18 bits per heavy atom. The van der Waals surface area contributed by atoms with Crippen LogP contribution < -0.4 is 0 Å². The molecule has 0 unspecified atom stereocenters. The molecule has 3 aromatic rings. The molecule has 0 saturated heterocycles. The molecule has 0 radical (unpaired) electrons. The number of rotatable bonds is 2. The molecule has 0 spiro atoms. The van der Waals surface area contributed by atoms with Crippen LogP contribution in [0.25, 0.3) is 22.2 Å². The molecular formula is C11H7N3O2S. The van der Waals surface area contributed by atoms with Gasteiger partial charge in [0.15, 0.2) is 0 Å². The number of hydrogen-bond acceptors (Lipinski definition) is 6. The smallest absolute Gasteiger partial charge is 0.269 e. The summed E-state index contributed by atoms with van der Waals surface area (Å²) in [7, 11) is 0. The third-order valence-corrected chi connectivity index (χ3v) is 2.96. The van der Waals surface area contributed by atoms with Crippen molar-refractivity contribution in [2.75, 3.05) is 0 Å². The molecule has 0 bridgehead atoms. The Labute approximate surface area is 100 Å². The first-order valence-corrected chi connectivity index (χ1v) is 5.73. The van der Waals surface area contributed by atoms with E-state index in [1.165, 1.54) is 11.3 Å². The van der Waals surface area contributed by atoms with Crippen molar-refractivity contribution in [1.82, 2.24) is 15.1 Å². The van der Waals surface area contributed by atoms with Crippen molar-refractivity contribution in [3.63, 3.8) is 0 Å². The summed E-state index contributed by atoms with van der Waals surface area (Å²) in [6.07, 6.45) is 1.68. The maximum Gasteiger partial charge on any atom is 0.269 e. The summed E-state index contributed by atoms with van der Waals surface area (Å²) in [6, 6.07) is 6.63. The monoisotopic (exact) mass is 245 g/mol. The average molecular weight is 245 g/mol. The Balaban J connectivity index is 1.98. The summed E-state index contributed by atoms with van der Waals surface area (Å²) in [4.78, 5) is 9.05. The largest absolute Gasteiger partial charge is 0.508 e. The van der Waals surface area contributed by atoms with Crippen molar-refractivity contribution < 1.29 is 9.63 Å². The molecule has 5 nitrogen and oxygen atoms in total. The maximum atomic E-state index is 9.19. The number of thiazole rings is 1. The number of aromatic hydroxyl groups is 1. The lowest BCUT2D eigenvalue weighted by molar-refractivity contribution is 0.433. The number of benzene rings is 1. The fourth-order valence-electron chi connectivity index (χ4n) is 1.37. The van der Waals surface area contributed by atoms with Gasteiger partial charge in [0.25, 0.3) is 5.89 Å². The van der Waals surface area contributed by atoms with Crippen LogP contribution in [0.4, 0.5) is 0 Å². The van der Waals surface area contributed by atoms with Crippen LogP contribution in [0.2, 0.25) is 0 Å². The van der Waals surface area contributed by atoms with Crippen LogP contribution in [0, 0.1) is 0 Å². The van der Waals surface area contributed by atoms with Crippen LogP contribution in [0.1, 0.15) is 0 Å². The van der Waals surface area contributed by atoms with E-state index in [1.807, 2.05) is 0 Å². The number of hydrogen-bond donors (Lipinski definition) is 1. The number of aromatic nitrogens is 3. The Kier molecular flexibility index (Phi) is 2.34. The van der Waals surface area contributed by atoms with Crippen LogP contribution in [-0.4, -0.2) is 20.2 Å². The third kappa shape index (κ3) is 1.90. The summed E-state index contributed by atoms with van der Waals surface area (Å²) in [5.41, 5.74) is 2.50. The SMILES string of the molecule is Oc1ccc(-c2noc(-c3cncs3)n2)cc1. The lowest BCUT2D eigenvalue weighted by atomic mass is 10.2. The van der Waals surface area contributed by atoms with Crippen molar-refractivity contribution in [1.29, 1.82) is 0 Å². The van der Waals surface area contributed by atoms with Gasteiger partial charge in [0.1, 0.15) is 10.6 Å². The van der Waals surface area contributed by atoms with E-state index < -0.39 is 0 Å². The van der Waals surface area contributed by atoms with E-state index in [4.69, 9.17) is 4.52 Å². The highest BCUT2D eigenvalue weighted by atomic mass is 32.1. The first kappa shape index (κ1) is 9.98. The molecule has 2 heterocycles. The lowest BCUT2D eigenvalue weighted by Crippen LogP contribution is -1.79. The molecule has 0 saturated carbocycles. The molecule has 0 aliphatic heterocycles. The van der Waals surface area contributed by atoms with Gasteiger partial charge in [-0.05, 0) is 24.3 Å². The van der Waals surface area contributed by atoms with Crippen molar-refractivity contribution in [2.24, 2.45) is 0 Å². The fourth-order valence-corrected chi connectivity index (χ4v) is 1.91. The molecule has 17 heavy (non-hydrogen) atoms. The minimum atomic E-state index is 0.208. The summed E-state index contributed by atoms with van der Waals surface area (Å²) >= 11 is 1.44. The Hall–Kier alpha value is -2.21. The van der Waals surface area contributed by atoms with Crippen molar-refractivity contribution in [2.45, 2.75) is 0 Å². The number of nitrogens with zero attached hydrogens (tertiary/aromatic N) is 3. The highest BCUT2D eigenvalue weighted by molar-refractivity contribution is 7.13. The van der Waals surface area contributed by atoms with E-state index in [0.717, 1.165) is 10.4 Å².